The zero-order valence-electron chi connectivity index (χ0n) is 12.8. The van der Waals surface area contributed by atoms with Crippen molar-refractivity contribution >= 4 is 5.95 Å². The van der Waals surface area contributed by atoms with E-state index in [0.717, 1.165) is 32.4 Å². The third-order valence-corrected chi connectivity index (χ3v) is 3.04. The van der Waals surface area contributed by atoms with Gasteiger partial charge in [0.05, 0.1) is 12.7 Å². The molecule has 7 nitrogen and oxygen atoms in total. The molecule has 2 rings (SSSR count). The van der Waals surface area contributed by atoms with Crippen molar-refractivity contribution in [2.45, 2.75) is 45.6 Å². The maximum Gasteiger partial charge on any atom is 0.324 e. The van der Waals surface area contributed by atoms with Gasteiger partial charge in [0.2, 0.25) is 5.95 Å². The number of ether oxygens (including phenoxy) is 3. The van der Waals surface area contributed by atoms with Crippen LogP contribution in [0.3, 0.4) is 0 Å². The third kappa shape index (κ3) is 5.34. The van der Waals surface area contributed by atoms with Gasteiger partial charge in [0.15, 0.2) is 0 Å². The van der Waals surface area contributed by atoms with Gasteiger partial charge in [-0.1, -0.05) is 6.92 Å². The van der Waals surface area contributed by atoms with Crippen molar-refractivity contribution < 1.29 is 14.2 Å². The summed E-state index contributed by atoms with van der Waals surface area (Å²) in [5.41, 5.74) is 0. The Labute approximate surface area is 125 Å². The van der Waals surface area contributed by atoms with E-state index in [2.05, 4.69) is 20.3 Å². The van der Waals surface area contributed by atoms with Crippen molar-refractivity contribution in [3.8, 4) is 12.0 Å². The van der Waals surface area contributed by atoms with Crippen LogP contribution in [0.2, 0.25) is 0 Å². The van der Waals surface area contributed by atoms with E-state index >= 15 is 0 Å². The molecule has 1 aromatic heterocycles. The Kier molecular flexibility index (Phi) is 6.46. The lowest BCUT2D eigenvalue weighted by Crippen LogP contribution is -2.26. The highest BCUT2D eigenvalue weighted by atomic mass is 16.5. The molecule has 1 aliphatic rings. The van der Waals surface area contributed by atoms with Gasteiger partial charge in [-0.15, -0.1) is 4.98 Å². The average molecular weight is 296 g/mol. The highest BCUT2D eigenvalue weighted by Gasteiger charge is 2.16. The minimum absolute atomic E-state index is 0.123. The molecule has 2 heterocycles. The van der Waals surface area contributed by atoms with Gasteiger partial charge in [0.25, 0.3) is 0 Å². The summed E-state index contributed by atoms with van der Waals surface area (Å²) in [6.45, 7) is 6.57. The van der Waals surface area contributed by atoms with Crippen LogP contribution in [-0.4, -0.2) is 47.4 Å². The molecule has 1 fully saturated rings. The zero-order valence-corrected chi connectivity index (χ0v) is 12.8. The zero-order chi connectivity index (χ0) is 14.9. The number of nitrogens with one attached hydrogen (secondary N) is 1. The van der Waals surface area contributed by atoms with Crippen LogP contribution in [0, 0.1) is 0 Å². The van der Waals surface area contributed by atoms with Crippen LogP contribution in [0.15, 0.2) is 0 Å². The molecule has 0 aromatic carbocycles. The molecule has 0 radical (unpaired) electrons. The highest BCUT2D eigenvalue weighted by Crippen LogP contribution is 2.16. The minimum atomic E-state index is 0.123. The van der Waals surface area contributed by atoms with Crippen LogP contribution in [-0.2, 0) is 4.74 Å². The van der Waals surface area contributed by atoms with Crippen LogP contribution in [0.1, 0.15) is 39.5 Å². The van der Waals surface area contributed by atoms with Gasteiger partial charge in [0, 0.05) is 13.2 Å². The van der Waals surface area contributed by atoms with Gasteiger partial charge in [-0.2, -0.15) is 9.97 Å². The molecular weight excluding hydrogens is 272 g/mol. The van der Waals surface area contributed by atoms with E-state index in [1.165, 1.54) is 6.42 Å². The van der Waals surface area contributed by atoms with Crippen LogP contribution < -0.4 is 14.8 Å². The summed E-state index contributed by atoms with van der Waals surface area (Å²) < 4.78 is 16.7. The summed E-state index contributed by atoms with van der Waals surface area (Å²) >= 11 is 0. The Hall–Kier alpha value is -1.63. The first-order chi connectivity index (χ1) is 10.3. The minimum Gasteiger partial charge on any atom is -0.463 e. The largest absolute Gasteiger partial charge is 0.463 e. The summed E-state index contributed by atoms with van der Waals surface area (Å²) in [5, 5.41) is 3.05. The molecule has 7 heteroatoms. The fraction of sp³-hybridized carbons (Fsp3) is 0.786. The van der Waals surface area contributed by atoms with E-state index in [0.29, 0.717) is 25.2 Å². The number of anilines is 1. The summed E-state index contributed by atoms with van der Waals surface area (Å²) in [4.78, 5) is 12.6. The van der Waals surface area contributed by atoms with Crippen LogP contribution in [0.4, 0.5) is 5.95 Å². The van der Waals surface area contributed by atoms with Gasteiger partial charge in [-0.3, -0.25) is 0 Å². The summed E-state index contributed by atoms with van der Waals surface area (Å²) in [7, 11) is 0. The Morgan fingerprint density at radius 2 is 1.95 bits per heavy atom. The quantitative estimate of drug-likeness (QED) is 0.786. The average Bonchev–Trinajstić information content (AvgIpc) is 2.52. The highest BCUT2D eigenvalue weighted by molar-refractivity contribution is 5.27. The summed E-state index contributed by atoms with van der Waals surface area (Å²) in [6.07, 6.45) is 4.34. The monoisotopic (exact) mass is 296 g/mol. The molecule has 0 bridgehead atoms. The molecule has 0 aliphatic carbocycles. The van der Waals surface area contributed by atoms with E-state index in [9.17, 15) is 0 Å². The van der Waals surface area contributed by atoms with Gasteiger partial charge < -0.3 is 19.5 Å². The summed E-state index contributed by atoms with van der Waals surface area (Å²) in [5.74, 6) is 0.471. The van der Waals surface area contributed by atoms with E-state index in [1.807, 2.05) is 13.8 Å². The molecule has 21 heavy (non-hydrogen) atoms. The lowest BCUT2D eigenvalue weighted by molar-refractivity contribution is -0.0130. The van der Waals surface area contributed by atoms with Crippen molar-refractivity contribution in [3.63, 3.8) is 0 Å². The Morgan fingerprint density at radius 1 is 1.14 bits per heavy atom. The first-order valence-corrected chi connectivity index (χ1v) is 7.69. The Balaban J connectivity index is 1.96. The second-order valence-electron chi connectivity index (χ2n) is 4.90. The Morgan fingerprint density at radius 3 is 2.62 bits per heavy atom. The molecule has 0 saturated carbocycles. The summed E-state index contributed by atoms with van der Waals surface area (Å²) in [6, 6.07) is 0.573. The van der Waals surface area contributed by atoms with Crippen LogP contribution >= 0.6 is 0 Å². The SMILES string of the molecule is CCCOc1nc(NCC)nc(OCC2CCCCO2)n1. The molecule has 0 spiro atoms. The fourth-order valence-electron chi connectivity index (χ4n) is 2.00. The number of aromatic nitrogens is 3. The van der Waals surface area contributed by atoms with Gasteiger partial charge in [-0.05, 0) is 32.6 Å². The smallest absolute Gasteiger partial charge is 0.324 e. The maximum absolute atomic E-state index is 5.65. The lowest BCUT2D eigenvalue weighted by Gasteiger charge is -2.22. The molecule has 1 aromatic rings. The predicted octanol–water partition coefficient (Wildman–Crippen LogP) is 2.04. The van der Waals surface area contributed by atoms with Gasteiger partial charge >= 0.3 is 12.0 Å². The second kappa shape index (κ2) is 8.61. The van der Waals surface area contributed by atoms with Crippen molar-refractivity contribution in [1.29, 1.82) is 0 Å². The Bertz CT molecular complexity index is 425. The van der Waals surface area contributed by atoms with E-state index in [-0.39, 0.29) is 12.1 Å². The molecule has 1 atom stereocenters. The number of nitrogens with zero attached hydrogens (tertiary/aromatic N) is 3. The molecular formula is C14H24N4O3. The van der Waals surface area contributed by atoms with Crippen LogP contribution in [0.25, 0.3) is 0 Å². The lowest BCUT2D eigenvalue weighted by atomic mass is 10.1. The van der Waals surface area contributed by atoms with E-state index in [4.69, 9.17) is 14.2 Å². The van der Waals surface area contributed by atoms with E-state index in [1.54, 1.807) is 0 Å². The van der Waals surface area contributed by atoms with Gasteiger partial charge in [0.1, 0.15) is 6.61 Å². The maximum atomic E-state index is 5.65. The molecule has 1 aliphatic heterocycles. The molecule has 0 amide bonds. The molecule has 1 saturated heterocycles. The van der Waals surface area contributed by atoms with Gasteiger partial charge in [-0.25, -0.2) is 0 Å². The van der Waals surface area contributed by atoms with Crippen LogP contribution in [0.5, 0.6) is 12.0 Å². The second-order valence-corrected chi connectivity index (χ2v) is 4.90. The predicted molar refractivity (Wildman–Crippen MR) is 78.9 cm³/mol. The third-order valence-electron chi connectivity index (χ3n) is 3.04. The number of hydrogen-bond donors (Lipinski definition) is 1. The molecule has 1 N–H and O–H groups in total. The molecule has 118 valence electrons. The topological polar surface area (TPSA) is 78.4 Å². The first-order valence-electron chi connectivity index (χ1n) is 7.69. The fourth-order valence-corrected chi connectivity index (χ4v) is 2.00. The van der Waals surface area contributed by atoms with Crippen molar-refractivity contribution in [2.24, 2.45) is 0 Å². The molecule has 1 unspecified atom stereocenters. The number of hydrogen-bond acceptors (Lipinski definition) is 7. The van der Waals surface area contributed by atoms with Crippen molar-refractivity contribution in [1.82, 2.24) is 15.0 Å². The number of rotatable bonds is 8. The first kappa shape index (κ1) is 15.8. The van der Waals surface area contributed by atoms with E-state index < -0.39 is 0 Å². The standard InChI is InChI=1S/C14H24N4O3/c1-3-8-20-13-16-12(15-4-2)17-14(18-13)21-10-11-7-5-6-9-19-11/h11H,3-10H2,1-2H3,(H,15,16,17,18). The normalized spacial score (nSPS) is 18.3. The van der Waals surface area contributed by atoms with Crippen molar-refractivity contribution in [3.05, 3.63) is 0 Å². The van der Waals surface area contributed by atoms with Crippen molar-refractivity contribution in [2.75, 3.05) is 31.7 Å².